The van der Waals surface area contributed by atoms with Crippen LogP contribution < -0.4 is 21.2 Å². The minimum Gasteiger partial charge on any atom is -0.394 e. The van der Waals surface area contributed by atoms with Crippen molar-refractivity contribution >= 4 is 27.3 Å². The van der Waals surface area contributed by atoms with Gasteiger partial charge in [0.25, 0.3) is 15.8 Å². The number of aromatic nitrogens is 4. The molecule has 1 aliphatic heterocycles. The van der Waals surface area contributed by atoms with Gasteiger partial charge in [-0.05, 0) is 0 Å². The number of H-pyrrole nitrogens is 1. The van der Waals surface area contributed by atoms with Gasteiger partial charge in [0.15, 0.2) is 17.4 Å². The first-order chi connectivity index (χ1) is 11.2. The molecule has 4 atom stereocenters. The van der Waals surface area contributed by atoms with E-state index in [9.17, 15) is 23.4 Å². The monoisotopic (exact) mass is 361 g/mol. The molecule has 3 heterocycles. The largest absolute Gasteiger partial charge is 0.394 e. The van der Waals surface area contributed by atoms with Crippen molar-refractivity contribution in [3.8, 4) is 0 Å². The van der Waals surface area contributed by atoms with Crippen LogP contribution in [0.15, 0.2) is 11.1 Å². The van der Waals surface area contributed by atoms with E-state index in [0.29, 0.717) is 0 Å². The van der Waals surface area contributed by atoms with Crippen molar-refractivity contribution < 1.29 is 23.4 Å². The summed E-state index contributed by atoms with van der Waals surface area (Å²) in [5.74, 6) is -0.167. The lowest BCUT2D eigenvalue weighted by Crippen LogP contribution is -2.50. The molecule has 13 nitrogen and oxygen atoms in total. The Morgan fingerprint density at radius 1 is 1.50 bits per heavy atom. The number of anilines is 1. The molecule has 0 aliphatic carbocycles. The highest BCUT2D eigenvalue weighted by molar-refractivity contribution is 7.87. The molecule has 2 aromatic heterocycles. The lowest BCUT2D eigenvalue weighted by atomic mass is 10.1. The van der Waals surface area contributed by atoms with Crippen LogP contribution in [-0.4, -0.2) is 63.0 Å². The minimum absolute atomic E-state index is 0.0354. The normalized spacial score (nSPS) is 27.8. The molecule has 1 saturated heterocycles. The van der Waals surface area contributed by atoms with Crippen LogP contribution in [0.2, 0.25) is 0 Å². The molecule has 0 saturated carbocycles. The van der Waals surface area contributed by atoms with Crippen molar-refractivity contribution in [2.45, 2.75) is 24.5 Å². The Hall–Kier alpha value is -2.10. The number of ether oxygens (including phenoxy) is 1. The Labute approximate surface area is 134 Å². The highest BCUT2D eigenvalue weighted by Crippen LogP contribution is 2.31. The van der Waals surface area contributed by atoms with Gasteiger partial charge in [0, 0.05) is 0 Å². The summed E-state index contributed by atoms with van der Waals surface area (Å²) in [5, 5.41) is 24.6. The number of aromatic amines is 1. The third kappa shape index (κ3) is 2.85. The first-order valence-corrected chi connectivity index (χ1v) is 8.22. The molecule has 0 aromatic carbocycles. The minimum atomic E-state index is -4.15. The number of nitrogens with zero attached hydrogens (tertiary/aromatic N) is 3. The number of imidazole rings is 1. The van der Waals surface area contributed by atoms with Crippen molar-refractivity contribution in [3.05, 3.63) is 16.7 Å². The van der Waals surface area contributed by atoms with Gasteiger partial charge in [-0.3, -0.25) is 14.3 Å². The van der Waals surface area contributed by atoms with E-state index in [-0.39, 0.29) is 17.1 Å². The molecule has 1 aliphatic rings. The van der Waals surface area contributed by atoms with Crippen molar-refractivity contribution in [1.82, 2.24) is 24.2 Å². The number of aliphatic hydroxyl groups is 2. The van der Waals surface area contributed by atoms with Gasteiger partial charge in [-0.25, -0.2) is 10.1 Å². The van der Waals surface area contributed by atoms with Crippen molar-refractivity contribution in [1.29, 1.82) is 0 Å². The Balaban J connectivity index is 2.03. The Kier molecular flexibility index (Phi) is 4.02. The van der Waals surface area contributed by atoms with E-state index >= 15 is 0 Å². The second kappa shape index (κ2) is 5.76. The summed E-state index contributed by atoms with van der Waals surface area (Å²) in [7, 11) is -4.15. The van der Waals surface area contributed by atoms with E-state index in [1.54, 1.807) is 0 Å². The summed E-state index contributed by atoms with van der Waals surface area (Å²) >= 11 is 0. The van der Waals surface area contributed by atoms with E-state index in [1.807, 2.05) is 4.72 Å². The van der Waals surface area contributed by atoms with Crippen LogP contribution in [0.3, 0.4) is 0 Å². The highest BCUT2D eigenvalue weighted by atomic mass is 32.2. The standard InChI is InChI=1S/C10H15N7O6S/c11-10-14-7-5(8(20)15-10)13-2-17(7)9-6(19)4(3(1-18)23-9)16-24(12,21)22/h2-4,6,9,16,18-19H,1H2,(H2,12,21,22)(H3,11,14,15,20). The number of nitrogens with one attached hydrogen (secondary N) is 2. The maximum absolute atomic E-state index is 11.8. The number of rotatable bonds is 4. The number of hydrogen-bond acceptors (Lipinski definition) is 9. The topological polar surface area (TPSA) is 211 Å². The van der Waals surface area contributed by atoms with Gasteiger partial charge in [-0.15, -0.1) is 0 Å². The van der Waals surface area contributed by atoms with Gasteiger partial charge < -0.3 is 20.7 Å². The number of nitrogens with two attached hydrogens (primary N) is 2. The summed E-state index contributed by atoms with van der Waals surface area (Å²) in [4.78, 5) is 21.9. The third-order valence-corrected chi connectivity index (χ3v) is 4.18. The van der Waals surface area contributed by atoms with Crippen LogP contribution in [0.4, 0.5) is 5.95 Å². The maximum Gasteiger partial charge on any atom is 0.280 e. The van der Waals surface area contributed by atoms with Crippen LogP contribution in [0.25, 0.3) is 11.2 Å². The molecule has 132 valence electrons. The zero-order chi connectivity index (χ0) is 17.6. The molecular formula is C10H15N7O6S. The van der Waals surface area contributed by atoms with Crippen LogP contribution in [0, 0.1) is 0 Å². The molecule has 2 aromatic rings. The lowest BCUT2D eigenvalue weighted by molar-refractivity contribution is -0.0489. The van der Waals surface area contributed by atoms with Gasteiger partial charge in [0.05, 0.1) is 19.0 Å². The summed E-state index contributed by atoms with van der Waals surface area (Å²) in [5.41, 5.74) is 4.91. The number of aliphatic hydroxyl groups excluding tert-OH is 2. The smallest absolute Gasteiger partial charge is 0.280 e. The highest BCUT2D eigenvalue weighted by Gasteiger charge is 2.46. The summed E-state index contributed by atoms with van der Waals surface area (Å²) < 4.78 is 31.1. The lowest BCUT2D eigenvalue weighted by Gasteiger charge is -2.19. The Morgan fingerprint density at radius 2 is 2.21 bits per heavy atom. The zero-order valence-electron chi connectivity index (χ0n) is 12.0. The molecule has 14 heteroatoms. The molecule has 0 radical (unpaired) electrons. The summed E-state index contributed by atoms with van der Waals surface area (Å²) in [6, 6.07) is -1.20. The Bertz CT molecular complexity index is 923. The molecule has 24 heavy (non-hydrogen) atoms. The molecule has 0 bridgehead atoms. The van der Waals surface area contributed by atoms with Crippen LogP contribution >= 0.6 is 0 Å². The molecule has 3 rings (SSSR count). The van der Waals surface area contributed by atoms with Crippen LogP contribution in [-0.2, 0) is 14.9 Å². The maximum atomic E-state index is 11.8. The van der Waals surface area contributed by atoms with E-state index in [1.165, 1.54) is 10.9 Å². The van der Waals surface area contributed by atoms with E-state index in [0.717, 1.165) is 0 Å². The van der Waals surface area contributed by atoms with E-state index in [4.69, 9.17) is 15.6 Å². The predicted octanol–water partition coefficient (Wildman–Crippen LogP) is -3.89. The SMILES string of the molecule is Nc1nc2c(ncn2C2OC(CO)C(NS(N)(=O)=O)C2O)c(=O)[nH]1. The van der Waals surface area contributed by atoms with Crippen molar-refractivity contribution in [2.24, 2.45) is 5.14 Å². The Morgan fingerprint density at radius 3 is 2.83 bits per heavy atom. The van der Waals surface area contributed by atoms with E-state index < -0.39 is 46.9 Å². The number of fused-ring (bicyclic) bond motifs is 1. The number of hydrogen-bond donors (Lipinski definition) is 6. The van der Waals surface area contributed by atoms with Gasteiger partial charge >= 0.3 is 0 Å². The molecule has 8 N–H and O–H groups in total. The number of nitrogen functional groups attached to an aromatic ring is 1. The summed E-state index contributed by atoms with van der Waals surface area (Å²) in [6.07, 6.45) is -2.48. The van der Waals surface area contributed by atoms with Gasteiger partial charge in [0.2, 0.25) is 5.95 Å². The molecule has 1 fully saturated rings. The first kappa shape index (κ1) is 16.7. The second-order valence-corrected chi connectivity index (χ2v) is 6.53. The zero-order valence-corrected chi connectivity index (χ0v) is 12.8. The second-order valence-electron chi connectivity index (χ2n) is 5.20. The fraction of sp³-hybridized carbons (Fsp3) is 0.500. The fourth-order valence-electron chi connectivity index (χ4n) is 2.59. The van der Waals surface area contributed by atoms with Crippen LogP contribution in [0.1, 0.15) is 6.23 Å². The van der Waals surface area contributed by atoms with Crippen molar-refractivity contribution in [2.75, 3.05) is 12.3 Å². The van der Waals surface area contributed by atoms with Crippen molar-refractivity contribution in [3.63, 3.8) is 0 Å². The predicted molar refractivity (Wildman–Crippen MR) is 79.6 cm³/mol. The van der Waals surface area contributed by atoms with E-state index in [2.05, 4.69) is 15.0 Å². The molecular weight excluding hydrogens is 346 g/mol. The third-order valence-electron chi connectivity index (χ3n) is 3.58. The van der Waals surface area contributed by atoms with Gasteiger partial charge in [-0.2, -0.15) is 18.1 Å². The average Bonchev–Trinajstić information content (AvgIpc) is 3.00. The quantitative estimate of drug-likeness (QED) is 0.314. The molecule has 4 unspecified atom stereocenters. The first-order valence-electron chi connectivity index (χ1n) is 6.68. The molecule has 0 amide bonds. The van der Waals surface area contributed by atoms with Gasteiger partial charge in [-0.1, -0.05) is 0 Å². The molecule has 0 spiro atoms. The average molecular weight is 361 g/mol. The van der Waals surface area contributed by atoms with Gasteiger partial charge in [0.1, 0.15) is 12.2 Å². The van der Waals surface area contributed by atoms with Crippen LogP contribution in [0.5, 0.6) is 0 Å². The fourth-order valence-corrected chi connectivity index (χ4v) is 3.26. The summed E-state index contributed by atoms with van der Waals surface area (Å²) in [6.45, 7) is -0.580.